The van der Waals surface area contributed by atoms with Crippen LogP contribution in [-0.2, 0) is 12.8 Å². The third-order valence-corrected chi connectivity index (χ3v) is 4.72. The summed E-state index contributed by atoms with van der Waals surface area (Å²) in [5.41, 5.74) is 8.59. The fraction of sp³-hybridized carbons (Fsp3) is 0.294. The van der Waals surface area contributed by atoms with Gasteiger partial charge in [0.05, 0.1) is 6.61 Å². The smallest absolute Gasteiger partial charge is 0.124 e. The average Bonchev–Trinajstić information content (AvgIpc) is 2.49. The molecule has 21 heavy (non-hydrogen) atoms. The molecule has 0 bridgehead atoms. The second-order valence-electron chi connectivity index (χ2n) is 5.49. The van der Waals surface area contributed by atoms with Gasteiger partial charge in [-0.15, -0.1) is 0 Å². The maximum atomic E-state index is 13.1. The minimum Gasteiger partial charge on any atom is -0.493 e. The Morgan fingerprint density at radius 3 is 2.90 bits per heavy atom. The first-order valence-electron chi connectivity index (χ1n) is 7.03. The van der Waals surface area contributed by atoms with E-state index in [4.69, 9.17) is 10.5 Å². The molecule has 0 saturated heterocycles. The van der Waals surface area contributed by atoms with Crippen LogP contribution < -0.4 is 10.5 Å². The van der Waals surface area contributed by atoms with Gasteiger partial charge in [0.15, 0.2) is 0 Å². The van der Waals surface area contributed by atoms with Crippen molar-refractivity contribution in [2.75, 3.05) is 6.61 Å². The van der Waals surface area contributed by atoms with Crippen LogP contribution in [0.5, 0.6) is 5.75 Å². The van der Waals surface area contributed by atoms with E-state index in [9.17, 15) is 4.39 Å². The van der Waals surface area contributed by atoms with Crippen LogP contribution in [0.2, 0.25) is 0 Å². The van der Waals surface area contributed by atoms with Gasteiger partial charge in [0, 0.05) is 16.4 Å². The number of hydrogen-bond acceptors (Lipinski definition) is 2. The molecule has 2 aromatic rings. The Balaban J connectivity index is 1.70. The first kappa shape index (κ1) is 14.5. The van der Waals surface area contributed by atoms with E-state index in [1.807, 2.05) is 18.2 Å². The van der Waals surface area contributed by atoms with Crippen LogP contribution in [0.4, 0.5) is 4.39 Å². The van der Waals surface area contributed by atoms with Crippen LogP contribution >= 0.6 is 15.9 Å². The van der Waals surface area contributed by atoms with Crippen LogP contribution in [0.25, 0.3) is 0 Å². The number of halogens is 2. The summed E-state index contributed by atoms with van der Waals surface area (Å²) in [4.78, 5) is 0. The summed E-state index contributed by atoms with van der Waals surface area (Å²) in [7, 11) is 0. The highest BCUT2D eigenvalue weighted by Crippen LogP contribution is 2.29. The summed E-state index contributed by atoms with van der Waals surface area (Å²) >= 11 is 3.40. The van der Waals surface area contributed by atoms with Crippen molar-refractivity contribution in [2.24, 2.45) is 11.7 Å². The van der Waals surface area contributed by atoms with Crippen LogP contribution in [-0.4, -0.2) is 12.6 Å². The van der Waals surface area contributed by atoms with Gasteiger partial charge >= 0.3 is 0 Å². The molecule has 0 fully saturated rings. The van der Waals surface area contributed by atoms with Crippen molar-refractivity contribution < 1.29 is 9.13 Å². The topological polar surface area (TPSA) is 35.2 Å². The third kappa shape index (κ3) is 3.27. The molecule has 1 aliphatic rings. The fourth-order valence-electron chi connectivity index (χ4n) is 2.73. The molecular weight excluding hydrogens is 333 g/mol. The number of ether oxygens (including phenoxy) is 1. The molecular formula is C17H17BrFNO. The van der Waals surface area contributed by atoms with Crippen LogP contribution in [0.15, 0.2) is 46.9 Å². The first-order chi connectivity index (χ1) is 10.1. The average molecular weight is 350 g/mol. The second-order valence-corrected chi connectivity index (χ2v) is 6.34. The number of hydrogen-bond donors (Lipinski definition) is 1. The lowest BCUT2D eigenvalue weighted by molar-refractivity contribution is 0.198. The van der Waals surface area contributed by atoms with Gasteiger partial charge in [0.1, 0.15) is 11.6 Å². The zero-order chi connectivity index (χ0) is 14.8. The molecule has 2 unspecified atom stereocenters. The Labute approximate surface area is 132 Å². The summed E-state index contributed by atoms with van der Waals surface area (Å²) in [6.45, 7) is 0.636. The van der Waals surface area contributed by atoms with E-state index in [1.165, 1.54) is 17.7 Å². The predicted octanol–water partition coefficient (Wildman–Crippen LogP) is 3.71. The van der Waals surface area contributed by atoms with E-state index in [0.717, 1.165) is 22.2 Å². The lowest BCUT2D eigenvalue weighted by Crippen LogP contribution is -2.39. The van der Waals surface area contributed by atoms with Crippen molar-refractivity contribution in [3.63, 3.8) is 0 Å². The zero-order valence-corrected chi connectivity index (χ0v) is 13.1. The van der Waals surface area contributed by atoms with E-state index in [1.54, 1.807) is 6.07 Å². The molecule has 2 N–H and O–H groups in total. The number of fused-ring (bicyclic) bond motifs is 1. The quantitative estimate of drug-likeness (QED) is 0.916. The molecule has 2 nitrogen and oxygen atoms in total. The monoisotopic (exact) mass is 349 g/mol. The van der Waals surface area contributed by atoms with E-state index in [-0.39, 0.29) is 17.8 Å². The Morgan fingerprint density at radius 2 is 2.10 bits per heavy atom. The van der Waals surface area contributed by atoms with Crippen LogP contribution in [0, 0.1) is 11.7 Å². The normalized spacial score (nSPS) is 18.7. The van der Waals surface area contributed by atoms with Gasteiger partial charge in [0.25, 0.3) is 0 Å². The molecule has 1 aliphatic heterocycles. The highest BCUT2D eigenvalue weighted by molar-refractivity contribution is 9.10. The number of nitrogens with two attached hydrogens (primary N) is 1. The van der Waals surface area contributed by atoms with Gasteiger partial charge < -0.3 is 10.5 Å². The molecule has 4 heteroatoms. The van der Waals surface area contributed by atoms with Crippen LogP contribution in [0.1, 0.15) is 11.1 Å². The number of benzene rings is 2. The van der Waals surface area contributed by atoms with Crippen molar-refractivity contribution in [1.29, 1.82) is 0 Å². The summed E-state index contributed by atoms with van der Waals surface area (Å²) in [5, 5.41) is 0. The lowest BCUT2D eigenvalue weighted by atomic mass is 9.87. The maximum Gasteiger partial charge on any atom is 0.124 e. The molecule has 1 heterocycles. The van der Waals surface area contributed by atoms with E-state index in [2.05, 4.69) is 22.0 Å². The molecule has 2 aromatic carbocycles. The molecule has 3 rings (SSSR count). The molecule has 2 atom stereocenters. The van der Waals surface area contributed by atoms with Crippen molar-refractivity contribution >= 4 is 15.9 Å². The molecule has 0 saturated carbocycles. The Bertz CT molecular complexity index is 646. The highest BCUT2D eigenvalue weighted by Gasteiger charge is 2.25. The summed E-state index contributed by atoms with van der Waals surface area (Å²) in [6.07, 6.45) is 1.63. The second kappa shape index (κ2) is 6.16. The molecule has 0 radical (unpaired) electrons. The SMILES string of the molecule is NC(Cc1ccc(F)cc1Br)C1COc2ccccc2C1. The largest absolute Gasteiger partial charge is 0.493 e. The molecule has 0 aliphatic carbocycles. The Kier molecular flexibility index (Phi) is 4.27. The fourth-order valence-corrected chi connectivity index (χ4v) is 3.25. The summed E-state index contributed by atoms with van der Waals surface area (Å²) in [5.74, 6) is 0.995. The molecule has 110 valence electrons. The van der Waals surface area contributed by atoms with Gasteiger partial charge in [-0.05, 0) is 42.2 Å². The summed E-state index contributed by atoms with van der Waals surface area (Å²) < 4.78 is 19.7. The van der Waals surface area contributed by atoms with Crippen molar-refractivity contribution in [3.05, 3.63) is 63.9 Å². The van der Waals surface area contributed by atoms with Crippen molar-refractivity contribution in [3.8, 4) is 5.75 Å². The van der Waals surface area contributed by atoms with Crippen molar-refractivity contribution in [2.45, 2.75) is 18.9 Å². The lowest BCUT2D eigenvalue weighted by Gasteiger charge is -2.29. The molecule has 0 amide bonds. The van der Waals surface area contributed by atoms with Gasteiger partial charge in [-0.25, -0.2) is 4.39 Å². The number of para-hydroxylation sites is 1. The zero-order valence-electron chi connectivity index (χ0n) is 11.6. The van der Waals surface area contributed by atoms with Crippen LogP contribution in [0.3, 0.4) is 0 Å². The number of rotatable bonds is 3. The van der Waals surface area contributed by atoms with E-state index in [0.29, 0.717) is 13.0 Å². The van der Waals surface area contributed by atoms with Gasteiger partial charge in [0.2, 0.25) is 0 Å². The van der Waals surface area contributed by atoms with E-state index >= 15 is 0 Å². The standard InChI is InChI=1S/C17H17BrFNO/c18-15-9-14(19)6-5-11(15)8-16(20)13-7-12-3-1-2-4-17(12)21-10-13/h1-6,9,13,16H,7-8,10,20H2. The Hall–Kier alpha value is -1.39. The van der Waals surface area contributed by atoms with Gasteiger partial charge in [-0.1, -0.05) is 40.2 Å². The summed E-state index contributed by atoms with van der Waals surface area (Å²) in [6, 6.07) is 12.8. The predicted molar refractivity (Wildman–Crippen MR) is 84.9 cm³/mol. The van der Waals surface area contributed by atoms with Gasteiger partial charge in [-0.2, -0.15) is 0 Å². The maximum absolute atomic E-state index is 13.1. The minimum absolute atomic E-state index is 0.0138. The first-order valence-corrected chi connectivity index (χ1v) is 7.83. The van der Waals surface area contributed by atoms with Gasteiger partial charge in [-0.3, -0.25) is 0 Å². The third-order valence-electron chi connectivity index (χ3n) is 3.98. The molecule has 0 aromatic heterocycles. The highest BCUT2D eigenvalue weighted by atomic mass is 79.9. The minimum atomic E-state index is -0.242. The van der Waals surface area contributed by atoms with Crippen molar-refractivity contribution in [1.82, 2.24) is 0 Å². The van der Waals surface area contributed by atoms with E-state index < -0.39 is 0 Å². The molecule has 0 spiro atoms. The Morgan fingerprint density at radius 1 is 1.29 bits per heavy atom.